The summed E-state index contributed by atoms with van der Waals surface area (Å²) >= 11 is 0. The smallest absolute Gasteiger partial charge is 0.255 e. The van der Waals surface area contributed by atoms with Crippen molar-refractivity contribution in [3.05, 3.63) is 34.9 Å². The molecule has 3 fully saturated rings. The van der Waals surface area contributed by atoms with E-state index >= 15 is 0 Å². The molecule has 142 valence electrons. The molecule has 0 radical (unpaired) electrons. The van der Waals surface area contributed by atoms with E-state index < -0.39 is 6.04 Å². The van der Waals surface area contributed by atoms with Gasteiger partial charge in [-0.05, 0) is 48.9 Å². The molecule has 3 amide bonds. The summed E-state index contributed by atoms with van der Waals surface area (Å²) in [6, 6.07) is 6.69. The van der Waals surface area contributed by atoms with E-state index in [-0.39, 0.29) is 24.1 Å². The maximum atomic E-state index is 12.7. The van der Waals surface area contributed by atoms with Crippen LogP contribution in [0.1, 0.15) is 47.2 Å². The Morgan fingerprint density at radius 3 is 2.89 bits per heavy atom. The molecular formula is C20H24N4O3. The van der Waals surface area contributed by atoms with Gasteiger partial charge in [0.05, 0.1) is 0 Å². The van der Waals surface area contributed by atoms with Gasteiger partial charge in [0.2, 0.25) is 11.8 Å². The van der Waals surface area contributed by atoms with Crippen molar-refractivity contribution < 1.29 is 14.4 Å². The molecule has 1 aliphatic carbocycles. The number of amides is 3. The number of imide groups is 1. The van der Waals surface area contributed by atoms with Crippen molar-refractivity contribution in [1.82, 2.24) is 20.9 Å². The molecule has 7 nitrogen and oxygen atoms in total. The van der Waals surface area contributed by atoms with Crippen LogP contribution in [0, 0.1) is 5.92 Å². The van der Waals surface area contributed by atoms with E-state index in [1.165, 1.54) is 18.4 Å². The molecule has 0 aromatic heterocycles. The fourth-order valence-electron chi connectivity index (χ4n) is 5.00. The van der Waals surface area contributed by atoms with Crippen molar-refractivity contribution >= 4 is 17.7 Å². The van der Waals surface area contributed by atoms with Crippen LogP contribution >= 0.6 is 0 Å². The Bertz CT molecular complexity index is 823. The van der Waals surface area contributed by atoms with Gasteiger partial charge in [0.25, 0.3) is 5.91 Å². The van der Waals surface area contributed by atoms with Crippen molar-refractivity contribution in [2.24, 2.45) is 5.92 Å². The molecule has 1 aromatic rings. The predicted octanol–water partition coefficient (Wildman–Crippen LogP) is 0.288. The molecule has 1 aromatic carbocycles. The number of nitrogens with one attached hydrogen (secondary N) is 3. The molecule has 1 saturated carbocycles. The lowest BCUT2D eigenvalue weighted by Crippen LogP contribution is -2.54. The van der Waals surface area contributed by atoms with Gasteiger partial charge in [0.15, 0.2) is 0 Å². The van der Waals surface area contributed by atoms with Crippen molar-refractivity contribution in [2.45, 2.75) is 56.9 Å². The predicted molar refractivity (Wildman–Crippen MR) is 97.6 cm³/mol. The monoisotopic (exact) mass is 368 g/mol. The van der Waals surface area contributed by atoms with E-state index in [1.54, 1.807) is 4.90 Å². The molecule has 4 atom stereocenters. The van der Waals surface area contributed by atoms with E-state index in [2.05, 4.69) is 22.0 Å². The Morgan fingerprint density at radius 1 is 1.19 bits per heavy atom. The fraction of sp³-hybridized carbons (Fsp3) is 0.550. The summed E-state index contributed by atoms with van der Waals surface area (Å²) in [6.07, 6.45) is 3.13. The van der Waals surface area contributed by atoms with E-state index in [9.17, 15) is 14.4 Å². The minimum Gasteiger partial charge on any atom is -0.322 e. The van der Waals surface area contributed by atoms with Gasteiger partial charge < -0.3 is 15.5 Å². The van der Waals surface area contributed by atoms with Crippen LogP contribution < -0.4 is 16.0 Å². The second-order valence-electron chi connectivity index (χ2n) is 8.13. The number of carbonyl (C=O) groups is 3. The first kappa shape index (κ1) is 16.9. The molecule has 5 rings (SSSR count). The average molecular weight is 368 g/mol. The van der Waals surface area contributed by atoms with E-state index in [4.69, 9.17) is 0 Å². The number of nitrogens with zero attached hydrogens (tertiary/aromatic N) is 1. The third-order valence-electron chi connectivity index (χ3n) is 6.58. The van der Waals surface area contributed by atoms with Crippen molar-refractivity contribution in [3.63, 3.8) is 0 Å². The highest BCUT2D eigenvalue weighted by Crippen LogP contribution is 2.35. The molecule has 0 spiro atoms. The third kappa shape index (κ3) is 2.85. The lowest BCUT2D eigenvalue weighted by molar-refractivity contribution is -0.136. The molecule has 4 aliphatic rings. The van der Waals surface area contributed by atoms with Crippen molar-refractivity contribution in [1.29, 1.82) is 0 Å². The number of hydrogen-bond donors (Lipinski definition) is 3. The first-order chi connectivity index (χ1) is 13.1. The van der Waals surface area contributed by atoms with Gasteiger partial charge in [0.1, 0.15) is 6.04 Å². The molecule has 3 aliphatic heterocycles. The minimum atomic E-state index is -0.550. The molecule has 2 saturated heterocycles. The summed E-state index contributed by atoms with van der Waals surface area (Å²) in [5.41, 5.74) is 2.81. The van der Waals surface area contributed by atoms with Crippen LogP contribution in [0.3, 0.4) is 0 Å². The van der Waals surface area contributed by atoms with Gasteiger partial charge in [-0.3, -0.25) is 19.7 Å². The van der Waals surface area contributed by atoms with Crippen LogP contribution in [0.15, 0.2) is 18.2 Å². The number of piperidine rings is 1. The topological polar surface area (TPSA) is 90.5 Å². The second kappa shape index (κ2) is 6.42. The van der Waals surface area contributed by atoms with E-state index in [1.807, 2.05) is 12.1 Å². The largest absolute Gasteiger partial charge is 0.322 e. The maximum absolute atomic E-state index is 12.7. The second-order valence-corrected chi connectivity index (χ2v) is 8.13. The summed E-state index contributed by atoms with van der Waals surface area (Å²) in [7, 11) is 0. The third-order valence-corrected chi connectivity index (χ3v) is 6.58. The zero-order valence-electron chi connectivity index (χ0n) is 15.2. The summed E-state index contributed by atoms with van der Waals surface area (Å²) in [4.78, 5) is 37.8. The Kier molecular flexibility index (Phi) is 4.02. The van der Waals surface area contributed by atoms with Crippen molar-refractivity contribution in [3.8, 4) is 0 Å². The van der Waals surface area contributed by atoms with Crippen LogP contribution in [0.4, 0.5) is 0 Å². The summed E-state index contributed by atoms with van der Waals surface area (Å²) in [5, 5.41) is 9.53. The quantitative estimate of drug-likeness (QED) is 0.665. The zero-order valence-corrected chi connectivity index (χ0v) is 15.2. The molecule has 1 unspecified atom stereocenters. The SMILES string of the molecule is O=C1CCC(N2Cc3cc(CN[C@@H]4C[C@@H]5NCC[C@@H]54)ccc3C2=O)C(=O)N1. The molecule has 3 heterocycles. The minimum absolute atomic E-state index is 0.113. The summed E-state index contributed by atoms with van der Waals surface area (Å²) < 4.78 is 0. The molecule has 27 heavy (non-hydrogen) atoms. The highest BCUT2D eigenvalue weighted by molar-refractivity contribution is 6.05. The Morgan fingerprint density at radius 2 is 2.07 bits per heavy atom. The number of carbonyl (C=O) groups excluding carboxylic acids is 3. The van der Waals surface area contributed by atoms with Gasteiger partial charge in [-0.2, -0.15) is 0 Å². The van der Waals surface area contributed by atoms with Crippen LogP contribution in [0.25, 0.3) is 0 Å². The Balaban J connectivity index is 1.25. The van der Waals surface area contributed by atoms with Gasteiger partial charge in [0, 0.05) is 37.2 Å². The number of benzene rings is 1. The molecular weight excluding hydrogens is 344 g/mol. The Hall–Kier alpha value is -2.25. The Labute approximate surface area is 157 Å². The van der Waals surface area contributed by atoms with E-state index in [0.29, 0.717) is 30.6 Å². The highest BCUT2D eigenvalue weighted by atomic mass is 16.2. The standard InChI is InChI=1S/C20H24N4O3/c25-18-4-3-17(19(26)23-18)24-10-12-7-11(1-2-13(12)20(24)27)9-22-16-8-15-14(16)5-6-21-15/h1-2,7,14-17,21-22H,3-6,8-10H2,(H,23,25,26)/t14-,15-,16+,17?/m0/s1. The van der Waals surface area contributed by atoms with Gasteiger partial charge in [-0.1, -0.05) is 12.1 Å². The van der Waals surface area contributed by atoms with Gasteiger partial charge in [-0.15, -0.1) is 0 Å². The fourth-order valence-corrected chi connectivity index (χ4v) is 5.00. The number of rotatable bonds is 4. The number of hydrogen-bond acceptors (Lipinski definition) is 5. The highest BCUT2D eigenvalue weighted by Gasteiger charge is 2.43. The lowest BCUT2D eigenvalue weighted by Gasteiger charge is -2.40. The maximum Gasteiger partial charge on any atom is 0.255 e. The van der Waals surface area contributed by atoms with Crippen LogP contribution in [0.5, 0.6) is 0 Å². The summed E-state index contributed by atoms with van der Waals surface area (Å²) in [5.74, 6) is 0.0189. The zero-order chi connectivity index (χ0) is 18.5. The molecule has 7 heteroatoms. The number of fused-ring (bicyclic) bond motifs is 2. The van der Waals surface area contributed by atoms with Crippen LogP contribution in [-0.4, -0.2) is 47.3 Å². The van der Waals surface area contributed by atoms with Gasteiger partial charge >= 0.3 is 0 Å². The lowest BCUT2D eigenvalue weighted by atomic mass is 9.75. The van der Waals surface area contributed by atoms with Crippen LogP contribution in [-0.2, 0) is 22.7 Å². The summed E-state index contributed by atoms with van der Waals surface area (Å²) in [6.45, 7) is 2.37. The van der Waals surface area contributed by atoms with Gasteiger partial charge in [-0.25, -0.2) is 0 Å². The average Bonchev–Trinajstić information content (AvgIpc) is 3.16. The normalized spacial score (nSPS) is 32.1. The first-order valence-electron chi connectivity index (χ1n) is 9.83. The molecule has 3 N–H and O–H groups in total. The molecule has 0 bridgehead atoms. The van der Waals surface area contributed by atoms with E-state index in [0.717, 1.165) is 24.6 Å². The van der Waals surface area contributed by atoms with Crippen LogP contribution in [0.2, 0.25) is 0 Å². The van der Waals surface area contributed by atoms with Crippen molar-refractivity contribution in [2.75, 3.05) is 6.54 Å². The first-order valence-corrected chi connectivity index (χ1v) is 9.83.